The van der Waals surface area contributed by atoms with E-state index in [1.165, 1.54) is 13.2 Å². The van der Waals surface area contributed by atoms with E-state index >= 15 is 0 Å². The summed E-state index contributed by atoms with van der Waals surface area (Å²) in [6.45, 7) is 6.78. The van der Waals surface area contributed by atoms with Gasteiger partial charge < -0.3 is 9.15 Å². The molecule has 1 aromatic rings. The average Bonchev–Trinajstić information content (AvgIpc) is 2.45. The molecule has 0 aromatic carbocycles. The number of rotatable bonds is 2. The van der Waals surface area contributed by atoms with Crippen molar-refractivity contribution in [3.8, 4) is 0 Å². The Balaban J connectivity index is 3.07. The minimum atomic E-state index is -0.548. The number of esters is 1. The van der Waals surface area contributed by atoms with Crippen LogP contribution in [-0.4, -0.2) is 18.1 Å². The lowest BCUT2D eigenvalue weighted by Crippen LogP contribution is -2.00. The second-order valence-corrected chi connectivity index (χ2v) is 2.12. The van der Waals surface area contributed by atoms with E-state index in [1.807, 2.05) is 0 Å². The van der Waals surface area contributed by atoms with E-state index in [0.29, 0.717) is 5.69 Å². The minimum absolute atomic E-state index is 0.0919. The Morgan fingerprint density at radius 3 is 2.83 bits per heavy atom. The van der Waals surface area contributed by atoms with Crippen molar-refractivity contribution in [3.63, 3.8) is 0 Å². The average molecular weight is 166 g/mol. The van der Waals surface area contributed by atoms with Crippen LogP contribution in [-0.2, 0) is 4.74 Å². The fourth-order valence-electron chi connectivity index (χ4n) is 0.771. The molecule has 4 heteroatoms. The van der Waals surface area contributed by atoms with Crippen LogP contribution in [0, 0.1) is 13.5 Å². The molecule has 1 rings (SSSR count). The number of hydrogen-bond acceptors (Lipinski definition) is 4. The Morgan fingerprint density at radius 2 is 2.42 bits per heavy atom. The van der Waals surface area contributed by atoms with Gasteiger partial charge in [-0.05, 0) is 6.92 Å². The van der Waals surface area contributed by atoms with Gasteiger partial charge in [0.25, 0.3) is 0 Å². The molecule has 0 saturated carbocycles. The topological polar surface area (TPSA) is 52.3 Å². The maximum atomic E-state index is 11.0. The number of oxazole rings is 1. The lowest BCUT2D eigenvalue weighted by molar-refractivity contribution is 0.0563. The Labute approximate surface area is 69.9 Å². The van der Waals surface area contributed by atoms with Crippen LogP contribution in [0.25, 0.3) is 6.08 Å². The molecule has 4 nitrogen and oxygen atoms in total. The van der Waals surface area contributed by atoms with Crippen molar-refractivity contribution in [1.82, 2.24) is 4.98 Å². The molecular formula is C8H8NO3. The number of aryl methyl sites for hydroxylation is 1. The summed E-state index contributed by atoms with van der Waals surface area (Å²) in [5.74, 6) is -0.241. The zero-order valence-electron chi connectivity index (χ0n) is 6.83. The number of methoxy groups -OCH3 is 1. The van der Waals surface area contributed by atoms with Gasteiger partial charge in [-0.3, -0.25) is 0 Å². The molecule has 0 unspecified atom stereocenters. The van der Waals surface area contributed by atoms with E-state index < -0.39 is 5.97 Å². The third-order valence-electron chi connectivity index (χ3n) is 1.33. The first-order valence-corrected chi connectivity index (χ1v) is 3.29. The third-order valence-corrected chi connectivity index (χ3v) is 1.33. The molecule has 0 N–H and O–H groups in total. The normalized spacial score (nSPS) is 9.50. The van der Waals surface area contributed by atoms with Gasteiger partial charge in [0.15, 0.2) is 0 Å². The second-order valence-electron chi connectivity index (χ2n) is 2.12. The van der Waals surface area contributed by atoms with Gasteiger partial charge in [-0.2, -0.15) is 0 Å². The first kappa shape index (κ1) is 8.52. The molecule has 0 atom stereocenters. The molecule has 0 aliphatic rings. The number of carbonyl (C=O) groups is 1. The maximum Gasteiger partial charge on any atom is 0.375 e. The molecule has 0 saturated heterocycles. The summed E-state index contributed by atoms with van der Waals surface area (Å²) in [7, 11) is 1.27. The zero-order valence-corrected chi connectivity index (χ0v) is 6.83. The van der Waals surface area contributed by atoms with Crippen molar-refractivity contribution < 1.29 is 13.9 Å². The largest absolute Gasteiger partial charge is 0.463 e. The summed E-state index contributed by atoms with van der Waals surface area (Å²) in [5, 5.41) is 0. The Kier molecular flexibility index (Phi) is 2.28. The Morgan fingerprint density at radius 1 is 1.75 bits per heavy atom. The summed E-state index contributed by atoms with van der Waals surface area (Å²) < 4.78 is 9.40. The van der Waals surface area contributed by atoms with Crippen LogP contribution in [0.1, 0.15) is 22.1 Å². The second kappa shape index (κ2) is 3.21. The van der Waals surface area contributed by atoms with Crippen LogP contribution in [0.5, 0.6) is 0 Å². The lowest BCUT2D eigenvalue weighted by Gasteiger charge is -1.92. The number of nitrogens with zero attached hydrogens (tertiary/aromatic N) is 1. The van der Waals surface area contributed by atoms with Gasteiger partial charge in [0, 0.05) is 6.08 Å². The van der Waals surface area contributed by atoms with Gasteiger partial charge in [-0.15, -0.1) is 0 Å². The van der Waals surface area contributed by atoms with Crippen LogP contribution in [0.3, 0.4) is 0 Å². The smallest absolute Gasteiger partial charge is 0.375 e. The van der Waals surface area contributed by atoms with Crippen LogP contribution < -0.4 is 0 Å². The minimum Gasteiger partial charge on any atom is -0.463 e. The molecule has 12 heavy (non-hydrogen) atoms. The summed E-state index contributed by atoms with van der Waals surface area (Å²) >= 11 is 0. The fourth-order valence-corrected chi connectivity index (χ4v) is 0.771. The first-order valence-electron chi connectivity index (χ1n) is 3.29. The molecule has 0 fully saturated rings. The molecule has 0 aliphatic heterocycles. The monoisotopic (exact) mass is 166 g/mol. The molecule has 0 spiro atoms. The predicted molar refractivity (Wildman–Crippen MR) is 41.3 cm³/mol. The highest BCUT2D eigenvalue weighted by molar-refractivity contribution is 5.87. The maximum absolute atomic E-state index is 11.0. The van der Waals surface area contributed by atoms with E-state index in [-0.39, 0.29) is 11.7 Å². The Bertz CT molecular complexity index is 314. The molecule has 0 amide bonds. The molecular weight excluding hydrogens is 158 g/mol. The zero-order chi connectivity index (χ0) is 9.14. The lowest BCUT2D eigenvalue weighted by atomic mass is 10.4. The fraction of sp³-hybridized carbons (Fsp3) is 0.250. The van der Waals surface area contributed by atoms with E-state index in [2.05, 4.69) is 9.72 Å². The van der Waals surface area contributed by atoms with Crippen molar-refractivity contribution in [2.24, 2.45) is 0 Å². The molecule has 1 heterocycles. The van der Waals surface area contributed by atoms with Crippen LogP contribution in [0.15, 0.2) is 4.42 Å². The number of aromatic nitrogens is 1. The molecule has 0 aliphatic carbocycles. The van der Waals surface area contributed by atoms with Gasteiger partial charge in [0.05, 0.1) is 12.8 Å². The van der Waals surface area contributed by atoms with Crippen LogP contribution >= 0.6 is 0 Å². The first-order chi connectivity index (χ1) is 5.69. The van der Waals surface area contributed by atoms with Gasteiger partial charge in [0.2, 0.25) is 11.7 Å². The SMILES string of the molecule is [CH]=Cc1nc(C)c(C(=O)OC)o1. The van der Waals surface area contributed by atoms with Crippen LogP contribution in [0.4, 0.5) is 0 Å². The molecule has 1 aromatic heterocycles. The van der Waals surface area contributed by atoms with Gasteiger partial charge >= 0.3 is 5.97 Å². The highest BCUT2D eigenvalue weighted by atomic mass is 16.5. The number of carbonyl (C=O) groups excluding carboxylic acids is 1. The van der Waals surface area contributed by atoms with Crippen molar-refractivity contribution >= 4 is 12.0 Å². The summed E-state index contributed by atoms with van der Waals surface area (Å²) in [6, 6.07) is 0. The standard InChI is InChI=1S/C8H8NO3/c1-4-6-9-5(2)7(12-6)8(10)11-3/h1,4H,2-3H3. The number of hydrogen-bond donors (Lipinski definition) is 0. The van der Waals surface area contributed by atoms with Gasteiger partial charge in [0.1, 0.15) is 0 Å². The van der Waals surface area contributed by atoms with E-state index in [0.717, 1.165) is 0 Å². The van der Waals surface area contributed by atoms with Crippen molar-refractivity contribution in [2.45, 2.75) is 6.92 Å². The summed E-state index contributed by atoms with van der Waals surface area (Å²) in [6.07, 6.45) is 1.18. The number of ether oxygens (including phenoxy) is 1. The molecule has 1 radical (unpaired) electrons. The van der Waals surface area contributed by atoms with E-state index in [4.69, 9.17) is 11.0 Å². The molecule has 63 valence electrons. The van der Waals surface area contributed by atoms with Gasteiger partial charge in [-0.25, -0.2) is 9.78 Å². The highest BCUT2D eigenvalue weighted by Crippen LogP contribution is 2.11. The summed E-state index contributed by atoms with van der Waals surface area (Å²) in [5.41, 5.74) is 0.471. The van der Waals surface area contributed by atoms with E-state index in [1.54, 1.807) is 6.92 Å². The quantitative estimate of drug-likeness (QED) is 0.620. The van der Waals surface area contributed by atoms with Gasteiger partial charge in [-0.1, -0.05) is 6.58 Å². The third kappa shape index (κ3) is 1.37. The van der Waals surface area contributed by atoms with E-state index in [9.17, 15) is 4.79 Å². The van der Waals surface area contributed by atoms with Crippen molar-refractivity contribution in [3.05, 3.63) is 23.9 Å². The van der Waals surface area contributed by atoms with Crippen molar-refractivity contribution in [2.75, 3.05) is 7.11 Å². The predicted octanol–water partition coefficient (Wildman–Crippen LogP) is 1.22. The Hall–Kier alpha value is -1.58. The van der Waals surface area contributed by atoms with Crippen LogP contribution in [0.2, 0.25) is 0 Å². The highest BCUT2D eigenvalue weighted by Gasteiger charge is 2.15. The van der Waals surface area contributed by atoms with Crippen molar-refractivity contribution in [1.29, 1.82) is 0 Å². The summed E-state index contributed by atoms with van der Waals surface area (Å²) in [4.78, 5) is 14.8. The molecule has 0 bridgehead atoms.